The highest BCUT2D eigenvalue weighted by atomic mass is 16.7. The minimum atomic E-state index is -0.635. The first-order valence-electron chi connectivity index (χ1n) is 8.42. The van der Waals surface area contributed by atoms with Crippen molar-refractivity contribution in [3.8, 4) is 0 Å². The van der Waals surface area contributed by atoms with Gasteiger partial charge in [0, 0.05) is 18.4 Å². The molecule has 0 amide bonds. The molecule has 3 heterocycles. The summed E-state index contributed by atoms with van der Waals surface area (Å²) in [5.74, 6) is 0. The third-order valence-corrected chi connectivity index (χ3v) is 6.31. The molecule has 0 spiro atoms. The SMILES string of the molecule is CN1C2CCCC1CC(O)(CB1OC(C)(C)C(C)(C)O1)C2. The van der Waals surface area contributed by atoms with Gasteiger partial charge in [-0.25, -0.2) is 0 Å². The maximum atomic E-state index is 11.1. The molecule has 21 heavy (non-hydrogen) atoms. The molecule has 4 nitrogen and oxygen atoms in total. The molecule has 0 saturated carbocycles. The number of rotatable bonds is 2. The maximum Gasteiger partial charge on any atom is 0.460 e. The third kappa shape index (κ3) is 2.78. The van der Waals surface area contributed by atoms with Crippen LogP contribution in [-0.2, 0) is 9.31 Å². The lowest BCUT2D eigenvalue weighted by molar-refractivity contribution is -0.0740. The Bertz CT molecular complexity index is 382. The topological polar surface area (TPSA) is 41.9 Å². The summed E-state index contributed by atoms with van der Waals surface area (Å²) in [6, 6.07) is 1.04. The van der Waals surface area contributed by atoms with Gasteiger partial charge in [0.05, 0.1) is 16.8 Å². The van der Waals surface area contributed by atoms with Crippen molar-refractivity contribution < 1.29 is 14.4 Å². The average molecular weight is 295 g/mol. The van der Waals surface area contributed by atoms with E-state index in [1.165, 1.54) is 19.3 Å². The minimum absolute atomic E-state index is 0.288. The Morgan fingerprint density at radius 1 is 1.05 bits per heavy atom. The Labute approximate surface area is 129 Å². The van der Waals surface area contributed by atoms with Crippen LogP contribution in [0, 0.1) is 0 Å². The van der Waals surface area contributed by atoms with Gasteiger partial charge in [0.25, 0.3) is 0 Å². The van der Waals surface area contributed by atoms with Crippen LogP contribution in [0.3, 0.4) is 0 Å². The lowest BCUT2D eigenvalue weighted by Gasteiger charge is -2.50. The van der Waals surface area contributed by atoms with Crippen molar-refractivity contribution in [2.75, 3.05) is 7.05 Å². The highest BCUT2D eigenvalue weighted by Crippen LogP contribution is 2.44. The molecule has 3 saturated heterocycles. The van der Waals surface area contributed by atoms with E-state index >= 15 is 0 Å². The van der Waals surface area contributed by atoms with E-state index in [2.05, 4.69) is 39.6 Å². The molecular formula is C16H30BNO3. The standard InChI is InChI=1S/C16H30BNO3/c1-14(2)15(3,4)21-17(20-14)11-16(19)9-12-7-6-8-13(10-16)18(12)5/h12-13,19H,6-11H2,1-5H3. The summed E-state index contributed by atoms with van der Waals surface area (Å²) < 4.78 is 12.2. The van der Waals surface area contributed by atoms with Gasteiger partial charge in [-0.2, -0.15) is 0 Å². The first-order valence-corrected chi connectivity index (χ1v) is 8.42. The van der Waals surface area contributed by atoms with Gasteiger partial charge in [-0.05, 0) is 60.4 Å². The van der Waals surface area contributed by atoms with Gasteiger partial charge in [-0.15, -0.1) is 0 Å². The van der Waals surface area contributed by atoms with Crippen molar-refractivity contribution in [3.63, 3.8) is 0 Å². The average Bonchev–Trinajstić information content (AvgIpc) is 2.49. The largest absolute Gasteiger partial charge is 0.460 e. The normalized spacial score (nSPS) is 42.3. The second-order valence-electron chi connectivity index (χ2n) is 8.43. The van der Waals surface area contributed by atoms with E-state index in [-0.39, 0.29) is 18.3 Å². The number of hydrogen-bond donors (Lipinski definition) is 1. The molecule has 0 radical (unpaired) electrons. The second-order valence-corrected chi connectivity index (χ2v) is 8.43. The molecule has 5 heteroatoms. The predicted octanol–water partition coefficient (Wildman–Crippen LogP) is 2.46. The van der Waals surface area contributed by atoms with Crippen LogP contribution in [-0.4, -0.2) is 53.1 Å². The number of nitrogens with zero attached hydrogens (tertiary/aromatic N) is 1. The van der Waals surface area contributed by atoms with E-state index in [0.717, 1.165) is 12.8 Å². The Morgan fingerprint density at radius 2 is 1.52 bits per heavy atom. The van der Waals surface area contributed by atoms with Gasteiger partial charge in [0.2, 0.25) is 0 Å². The zero-order valence-electron chi connectivity index (χ0n) is 14.2. The fourth-order valence-electron chi connectivity index (χ4n) is 4.27. The first-order chi connectivity index (χ1) is 9.62. The number of piperidine rings is 2. The van der Waals surface area contributed by atoms with Gasteiger partial charge < -0.3 is 19.3 Å². The highest BCUT2D eigenvalue weighted by molar-refractivity contribution is 6.45. The Morgan fingerprint density at radius 3 is 2.00 bits per heavy atom. The van der Waals surface area contributed by atoms with Crippen molar-refractivity contribution in [1.82, 2.24) is 4.90 Å². The molecule has 2 unspecified atom stereocenters. The van der Waals surface area contributed by atoms with Crippen LogP contribution in [0.15, 0.2) is 0 Å². The van der Waals surface area contributed by atoms with Crippen LogP contribution in [0.2, 0.25) is 6.32 Å². The summed E-state index contributed by atoms with van der Waals surface area (Å²) in [6.07, 6.45) is 6.01. The van der Waals surface area contributed by atoms with Crippen molar-refractivity contribution >= 4 is 7.12 Å². The summed E-state index contributed by atoms with van der Waals surface area (Å²) in [4.78, 5) is 2.47. The van der Waals surface area contributed by atoms with Crippen LogP contribution in [0.4, 0.5) is 0 Å². The van der Waals surface area contributed by atoms with Crippen molar-refractivity contribution in [2.45, 2.75) is 95.0 Å². The lowest BCUT2D eigenvalue weighted by Crippen LogP contribution is -2.57. The van der Waals surface area contributed by atoms with Gasteiger partial charge in [-0.3, -0.25) is 0 Å². The van der Waals surface area contributed by atoms with Crippen LogP contribution in [0.5, 0.6) is 0 Å². The van der Waals surface area contributed by atoms with E-state index in [1.54, 1.807) is 0 Å². The van der Waals surface area contributed by atoms with Gasteiger partial charge >= 0.3 is 7.12 Å². The summed E-state index contributed by atoms with van der Waals surface area (Å²) in [7, 11) is 1.92. The van der Waals surface area contributed by atoms with Crippen LogP contribution < -0.4 is 0 Å². The van der Waals surface area contributed by atoms with E-state index in [9.17, 15) is 5.11 Å². The Balaban J connectivity index is 1.68. The molecule has 0 aliphatic carbocycles. The monoisotopic (exact) mass is 295 g/mol. The zero-order chi connectivity index (χ0) is 15.5. The lowest BCUT2D eigenvalue weighted by atomic mass is 9.66. The quantitative estimate of drug-likeness (QED) is 0.795. The van der Waals surface area contributed by atoms with Gasteiger partial charge in [-0.1, -0.05) is 6.42 Å². The second kappa shape index (κ2) is 4.95. The van der Waals surface area contributed by atoms with E-state index in [1.807, 2.05) is 0 Å². The smallest absolute Gasteiger partial charge is 0.403 e. The summed E-state index contributed by atoms with van der Waals surface area (Å²) in [5.41, 5.74) is -1.26. The number of aliphatic hydroxyl groups is 1. The molecule has 3 fully saturated rings. The predicted molar refractivity (Wildman–Crippen MR) is 84.3 cm³/mol. The molecule has 0 aromatic carbocycles. The Hall–Kier alpha value is -0.0951. The third-order valence-electron chi connectivity index (χ3n) is 6.31. The van der Waals surface area contributed by atoms with Crippen LogP contribution in [0.1, 0.15) is 59.8 Å². The fraction of sp³-hybridized carbons (Fsp3) is 1.00. The van der Waals surface area contributed by atoms with E-state index < -0.39 is 5.60 Å². The minimum Gasteiger partial charge on any atom is -0.403 e. The molecular weight excluding hydrogens is 265 g/mol. The summed E-state index contributed by atoms with van der Waals surface area (Å²) in [6.45, 7) is 8.28. The first kappa shape index (κ1) is 15.8. The van der Waals surface area contributed by atoms with Crippen LogP contribution in [0.25, 0.3) is 0 Å². The molecule has 2 atom stereocenters. The molecule has 1 N–H and O–H groups in total. The molecule has 3 aliphatic rings. The van der Waals surface area contributed by atoms with Crippen molar-refractivity contribution in [2.24, 2.45) is 0 Å². The molecule has 3 aliphatic heterocycles. The van der Waals surface area contributed by atoms with E-state index in [0.29, 0.717) is 18.4 Å². The molecule has 0 aromatic rings. The van der Waals surface area contributed by atoms with E-state index in [4.69, 9.17) is 9.31 Å². The fourth-order valence-corrected chi connectivity index (χ4v) is 4.27. The van der Waals surface area contributed by atoms with Gasteiger partial charge in [0.15, 0.2) is 0 Å². The van der Waals surface area contributed by atoms with Crippen molar-refractivity contribution in [3.05, 3.63) is 0 Å². The maximum absolute atomic E-state index is 11.1. The van der Waals surface area contributed by atoms with Crippen LogP contribution >= 0.6 is 0 Å². The molecule has 2 bridgehead atoms. The number of fused-ring (bicyclic) bond motifs is 2. The summed E-state index contributed by atoms with van der Waals surface area (Å²) >= 11 is 0. The molecule has 0 aromatic heterocycles. The van der Waals surface area contributed by atoms with Gasteiger partial charge in [0.1, 0.15) is 0 Å². The molecule has 120 valence electrons. The molecule has 3 rings (SSSR count). The van der Waals surface area contributed by atoms with Crippen molar-refractivity contribution in [1.29, 1.82) is 0 Å². The highest BCUT2D eigenvalue weighted by Gasteiger charge is 2.54. The zero-order valence-corrected chi connectivity index (χ0v) is 14.2. The Kier molecular flexibility index (Phi) is 3.72. The summed E-state index contributed by atoms with van der Waals surface area (Å²) in [5, 5.41) is 11.1. The number of hydrogen-bond acceptors (Lipinski definition) is 4.